The number of hydrogen-bond donors (Lipinski definition) is 2. The summed E-state index contributed by atoms with van der Waals surface area (Å²) in [7, 11) is 0. The normalized spacial score (nSPS) is 11.7. The molecule has 4 nitrogen and oxygen atoms in total. The van der Waals surface area contributed by atoms with Crippen LogP contribution < -0.4 is 5.32 Å². The second-order valence-electron chi connectivity index (χ2n) is 4.28. The van der Waals surface area contributed by atoms with Crippen molar-refractivity contribution in [1.29, 1.82) is 0 Å². The van der Waals surface area contributed by atoms with Crippen molar-refractivity contribution >= 4 is 11.9 Å². The van der Waals surface area contributed by atoms with E-state index in [9.17, 15) is 23.5 Å². The minimum atomic E-state index is -1.27. The zero-order valence-electron chi connectivity index (χ0n) is 10.7. The van der Waals surface area contributed by atoms with Crippen LogP contribution in [0.5, 0.6) is 0 Å². The van der Waals surface area contributed by atoms with Crippen molar-refractivity contribution in [3.63, 3.8) is 0 Å². The van der Waals surface area contributed by atoms with Gasteiger partial charge in [-0.15, -0.1) is 0 Å². The molecular formula is C15H11F2NO3. The zero-order valence-corrected chi connectivity index (χ0v) is 10.7. The van der Waals surface area contributed by atoms with Gasteiger partial charge in [0.25, 0.3) is 5.91 Å². The second-order valence-corrected chi connectivity index (χ2v) is 4.28. The molecule has 1 atom stereocenters. The SMILES string of the molecule is O=C(NC(C(=O)O)c1ccccc1)c1ccc(F)c(F)c1. The number of carboxylic acid groups (broad SMARTS) is 1. The average Bonchev–Trinajstić information content (AvgIpc) is 2.48. The van der Waals surface area contributed by atoms with Gasteiger partial charge in [0.1, 0.15) is 0 Å². The van der Waals surface area contributed by atoms with Gasteiger partial charge in [0.15, 0.2) is 17.7 Å². The molecule has 108 valence electrons. The lowest BCUT2D eigenvalue weighted by Gasteiger charge is -2.15. The fourth-order valence-corrected chi connectivity index (χ4v) is 1.78. The summed E-state index contributed by atoms with van der Waals surface area (Å²) in [4.78, 5) is 23.2. The van der Waals surface area contributed by atoms with E-state index >= 15 is 0 Å². The molecule has 0 saturated carbocycles. The minimum absolute atomic E-state index is 0.156. The van der Waals surface area contributed by atoms with E-state index in [1.54, 1.807) is 30.3 Å². The van der Waals surface area contributed by atoms with Crippen LogP contribution >= 0.6 is 0 Å². The van der Waals surface area contributed by atoms with Crippen molar-refractivity contribution in [3.05, 3.63) is 71.3 Å². The quantitative estimate of drug-likeness (QED) is 0.909. The van der Waals surface area contributed by atoms with Gasteiger partial charge >= 0.3 is 5.97 Å². The molecule has 6 heteroatoms. The second kappa shape index (κ2) is 6.13. The van der Waals surface area contributed by atoms with Crippen molar-refractivity contribution in [2.24, 2.45) is 0 Å². The van der Waals surface area contributed by atoms with E-state index in [2.05, 4.69) is 5.32 Å². The van der Waals surface area contributed by atoms with Crippen LogP contribution in [0.15, 0.2) is 48.5 Å². The number of amides is 1. The summed E-state index contributed by atoms with van der Waals surface area (Å²) in [6.45, 7) is 0. The Morgan fingerprint density at radius 1 is 1.00 bits per heavy atom. The van der Waals surface area contributed by atoms with E-state index < -0.39 is 29.6 Å². The Morgan fingerprint density at radius 2 is 1.67 bits per heavy atom. The third kappa shape index (κ3) is 3.42. The fourth-order valence-electron chi connectivity index (χ4n) is 1.78. The Labute approximate surface area is 119 Å². The van der Waals surface area contributed by atoms with Crippen LogP contribution in [-0.4, -0.2) is 17.0 Å². The molecule has 0 heterocycles. The largest absolute Gasteiger partial charge is 0.479 e. The highest BCUT2D eigenvalue weighted by Gasteiger charge is 2.22. The van der Waals surface area contributed by atoms with Gasteiger partial charge in [-0.3, -0.25) is 4.79 Å². The first-order chi connectivity index (χ1) is 9.99. The van der Waals surface area contributed by atoms with Gasteiger partial charge in [-0.2, -0.15) is 0 Å². The molecule has 0 aliphatic carbocycles. The van der Waals surface area contributed by atoms with Crippen molar-refractivity contribution in [3.8, 4) is 0 Å². The van der Waals surface area contributed by atoms with Crippen molar-refractivity contribution in [2.75, 3.05) is 0 Å². The number of aliphatic carboxylic acids is 1. The molecule has 0 spiro atoms. The van der Waals surface area contributed by atoms with Crippen LogP contribution in [0.1, 0.15) is 22.0 Å². The molecule has 0 aromatic heterocycles. The molecule has 1 amide bonds. The maximum atomic E-state index is 13.1. The summed E-state index contributed by atoms with van der Waals surface area (Å²) in [5.41, 5.74) is 0.219. The first-order valence-electron chi connectivity index (χ1n) is 6.02. The van der Waals surface area contributed by atoms with Gasteiger partial charge in [0.2, 0.25) is 0 Å². The van der Waals surface area contributed by atoms with Crippen LogP contribution in [-0.2, 0) is 4.79 Å². The number of halogens is 2. The summed E-state index contributed by atoms with van der Waals surface area (Å²) in [6.07, 6.45) is 0. The molecule has 2 aromatic carbocycles. The van der Waals surface area contributed by atoms with E-state index in [0.29, 0.717) is 11.6 Å². The van der Waals surface area contributed by atoms with Gasteiger partial charge < -0.3 is 10.4 Å². The number of benzene rings is 2. The maximum absolute atomic E-state index is 13.1. The van der Waals surface area contributed by atoms with Crippen LogP contribution in [0, 0.1) is 11.6 Å². The maximum Gasteiger partial charge on any atom is 0.330 e. The molecule has 0 fully saturated rings. The zero-order chi connectivity index (χ0) is 15.4. The molecule has 2 aromatic rings. The Balaban J connectivity index is 2.23. The topological polar surface area (TPSA) is 66.4 Å². The number of carboxylic acids is 1. The third-order valence-electron chi connectivity index (χ3n) is 2.84. The average molecular weight is 291 g/mol. The number of rotatable bonds is 4. The predicted molar refractivity (Wildman–Crippen MR) is 70.6 cm³/mol. The Hall–Kier alpha value is -2.76. The Morgan fingerprint density at radius 3 is 2.24 bits per heavy atom. The molecule has 0 aliphatic heterocycles. The Kier molecular flexibility index (Phi) is 4.27. The lowest BCUT2D eigenvalue weighted by molar-refractivity contribution is -0.139. The van der Waals surface area contributed by atoms with Crippen LogP contribution in [0.25, 0.3) is 0 Å². The summed E-state index contributed by atoms with van der Waals surface area (Å²) in [5.74, 6) is -4.30. The van der Waals surface area contributed by atoms with E-state index in [0.717, 1.165) is 12.1 Å². The van der Waals surface area contributed by atoms with Crippen molar-refractivity contribution < 1.29 is 23.5 Å². The molecule has 0 aliphatic rings. The lowest BCUT2D eigenvalue weighted by atomic mass is 10.1. The van der Waals surface area contributed by atoms with Crippen molar-refractivity contribution in [2.45, 2.75) is 6.04 Å². The smallest absolute Gasteiger partial charge is 0.330 e. The van der Waals surface area contributed by atoms with E-state index in [1.165, 1.54) is 0 Å². The monoisotopic (exact) mass is 291 g/mol. The molecule has 0 bridgehead atoms. The molecule has 2 rings (SSSR count). The van der Waals surface area contributed by atoms with Crippen LogP contribution in [0.4, 0.5) is 8.78 Å². The standard InChI is InChI=1S/C15H11F2NO3/c16-11-7-6-10(8-12(11)17)14(19)18-13(15(20)21)9-4-2-1-3-5-9/h1-8,13H,(H,18,19)(H,20,21). The highest BCUT2D eigenvalue weighted by molar-refractivity contribution is 5.96. The van der Waals surface area contributed by atoms with Gasteiger partial charge in [0.05, 0.1) is 0 Å². The predicted octanol–water partition coefficient (Wildman–Crippen LogP) is 2.52. The van der Waals surface area contributed by atoms with Gasteiger partial charge in [0, 0.05) is 5.56 Å². The molecule has 0 radical (unpaired) electrons. The molecule has 0 saturated heterocycles. The molecule has 21 heavy (non-hydrogen) atoms. The fraction of sp³-hybridized carbons (Fsp3) is 0.0667. The number of nitrogens with one attached hydrogen (secondary N) is 1. The van der Waals surface area contributed by atoms with E-state index in [4.69, 9.17) is 0 Å². The summed E-state index contributed by atoms with van der Waals surface area (Å²) in [5, 5.41) is 11.4. The first kappa shape index (κ1) is 14.6. The molecule has 2 N–H and O–H groups in total. The summed E-state index contributed by atoms with van der Waals surface area (Å²) >= 11 is 0. The van der Waals surface area contributed by atoms with E-state index in [1.807, 2.05) is 0 Å². The summed E-state index contributed by atoms with van der Waals surface area (Å²) < 4.78 is 25.9. The minimum Gasteiger partial charge on any atom is -0.479 e. The number of carbonyl (C=O) groups excluding carboxylic acids is 1. The van der Waals surface area contributed by atoms with Gasteiger partial charge in [-0.25, -0.2) is 13.6 Å². The number of hydrogen-bond acceptors (Lipinski definition) is 2. The van der Waals surface area contributed by atoms with Crippen LogP contribution in [0.2, 0.25) is 0 Å². The highest BCUT2D eigenvalue weighted by Crippen LogP contribution is 2.15. The summed E-state index contributed by atoms with van der Waals surface area (Å²) in [6, 6.07) is 9.40. The highest BCUT2D eigenvalue weighted by atomic mass is 19.2. The Bertz CT molecular complexity index is 674. The van der Waals surface area contributed by atoms with Gasteiger partial charge in [-0.1, -0.05) is 30.3 Å². The van der Waals surface area contributed by atoms with Gasteiger partial charge in [-0.05, 0) is 23.8 Å². The third-order valence-corrected chi connectivity index (χ3v) is 2.84. The number of carbonyl (C=O) groups is 2. The lowest BCUT2D eigenvalue weighted by Crippen LogP contribution is -2.33. The molecule has 1 unspecified atom stereocenters. The van der Waals surface area contributed by atoms with Crippen LogP contribution in [0.3, 0.4) is 0 Å². The molecular weight excluding hydrogens is 280 g/mol. The van der Waals surface area contributed by atoms with Crippen molar-refractivity contribution in [1.82, 2.24) is 5.32 Å². The van der Waals surface area contributed by atoms with E-state index in [-0.39, 0.29) is 5.56 Å². The first-order valence-corrected chi connectivity index (χ1v) is 6.02.